The highest BCUT2D eigenvalue weighted by molar-refractivity contribution is 5.89. The summed E-state index contributed by atoms with van der Waals surface area (Å²) in [4.78, 5) is 23.1. The molecule has 0 bridgehead atoms. The lowest BCUT2D eigenvalue weighted by atomic mass is 10.2. The van der Waals surface area contributed by atoms with E-state index in [2.05, 4.69) is 27.1 Å². The lowest BCUT2D eigenvalue weighted by molar-refractivity contribution is -0.0338. The first-order valence-corrected chi connectivity index (χ1v) is 8.71. The van der Waals surface area contributed by atoms with Crippen molar-refractivity contribution in [3.63, 3.8) is 0 Å². The minimum atomic E-state index is -0.123. The molecule has 0 aliphatic carbocycles. The number of likely N-dealkylation sites (N-methyl/N-ethyl adjacent to an activating group) is 1. The Hall–Kier alpha value is -1.90. The maximum absolute atomic E-state index is 12.5. The van der Waals surface area contributed by atoms with E-state index in [1.165, 1.54) is 0 Å². The maximum Gasteiger partial charge on any atom is 0.322 e. The average molecular weight is 349 g/mol. The molecule has 2 aliphatic heterocycles. The molecule has 1 atom stereocenters. The molecule has 1 unspecified atom stereocenters. The largest absolute Gasteiger partial charge is 0.495 e. The van der Waals surface area contributed by atoms with E-state index in [1.54, 1.807) is 25.6 Å². The molecule has 8 nitrogen and oxygen atoms in total. The molecule has 2 saturated heterocycles. The second kappa shape index (κ2) is 8.46. The summed E-state index contributed by atoms with van der Waals surface area (Å²) >= 11 is 0. The number of hydrogen-bond acceptors (Lipinski definition) is 6. The van der Waals surface area contributed by atoms with Crippen molar-refractivity contribution in [2.75, 3.05) is 71.9 Å². The van der Waals surface area contributed by atoms with Gasteiger partial charge in [-0.15, -0.1) is 0 Å². The Morgan fingerprint density at radius 2 is 2.12 bits per heavy atom. The van der Waals surface area contributed by atoms with E-state index >= 15 is 0 Å². The number of carbonyl (C=O) groups is 1. The zero-order valence-corrected chi connectivity index (χ0v) is 15.0. The van der Waals surface area contributed by atoms with Crippen LogP contribution in [0.25, 0.3) is 0 Å². The molecule has 3 rings (SSSR count). The topological polar surface area (TPSA) is 70.2 Å². The molecule has 2 amide bonds. The van der Waals surface area contributed by atoms with E-state index < -0.39 is 0 Å². The van der Waals surface area contributed by atoms with Gasteiger partial charge in [0, 0.05) is 51.9 Å². The number of hydrogen-bond donors (Lipinski definition) is 1. The molecule has 25 heavy (non-hydrogen) atoms. The summed E-state index contributed by atoms with van der Waals surface area (Å²) in [7, 11) is 3.72. The van der Waals surface area contributed by atoms with E-state index in [0.717, 1.165) is 32.7 Å². The monoisotopic (exact) mass is 349 g/mol. The molecule has 1 N–H and O–H groups in total. The van der Waals surface area contributed by atoms with Crippen LogP contribution in [0, 0.1) is 0 Å². The summed E-state index contributed by atoms with van der Waals surface area (Å²) in [6, 6.07) is 1.63. The number of pyridine rings is 1. The molecule has 0 spiro atoms. The Balaban J connectivity index is 1.50. The van der Waals surface area contributed by atoms with Crippen LogP contribution in [0.15, 0.2) is 18.5 Å². The highest BCUT2D eigenvalue weighted by Crippen LogP contribution is 2.16. The number of piperazine rings is 1. The van der Waals surface area contributed by atoms with Crippen molar-refractivity contribution in [2.24, 2.45) is 0 Å². The van der Waals surface area contributed by atoms with Gasteiger partial charge in [0.1, 0.15) is 5.75 Å². The molecule has 0 radical (unpaired) electrons. The highest BCUT2D eigenvalue weighted by atomic mass is 16.5. The van der Waals surface area contributed by atoms with Crippen LogP contribution in [0.1, 0.15) is 0 Å². The summed E-state index contributed by atoms with van der Waals surface area (Å²) in [6.45, 7) is 6.92. The molecule has 2 aliphatic rings. The molecule has 1 aromatic heterocycles. The van der Waals surface area contributed by atoms with Crippen LogP contribution in [0.3, 0.4) is 0 Å². The summed E-state index contributed by atoms with van der Waals surface area (Å²) in [6.07, 6.45) is 3.28. The van der Waals surface area contributed by atoms with Crippen molar-refractivity contribution in [1.29, 1.82) is 0 Å². The number of nitrogens with zero attached hydrogens (tertiary/aromatic N) is 4. The van der Waals surface area contributed by atoms with Crippen LogP contribution in [0.4, 0.5) is 10.5 Å². The van der Waals surface area contributed by atoms with Gasteiger partial charge in [-0.2, -0.15) is 0 Å². The third kappa shape index (κ3) is 5.04. The van der Waals surface area contributed by atoms with E-state index in [4.69, 9.17) is 9.47 Å². The van der Waals surface area contributed by atoms with Crippen molar-refractivity contribution < 1.29 is 14.3 Å². The number of amides is 2. The second-order valence-corrected chi connectivity index (χ2v) is 6.59. The molecule has 8 heteroatoms. The quantitative estimate of drug-likeness (QED) is 0.857. The average Bonchev–Trinajstić information content (AvgIpc) is 2.64. The predicted octanol–water partition coefficient (Wildman–Crippen LogP) is 0.570. The SMILES string of the molecule is COc1cncc(NC(=O)N2CCOC(CN3CCN(C)CC3)C2)c1. The van der Waals surface area contributed by atoms with Gasteiger partial charge in [0.25, 0.3) is 0 Å². The molecular formula is C17H27N5O3. The van der Waals surface area contributed by atoms with Crippen molar-refractivity contribution in [3.8, 4) is 5.75 Å². The van der Waals surface area contributed by atoms with Gasteiger partial charge in [0.2, 0.25) is 0 Å². The Bertz CT molecular complexity index is 577. The number of nitrogens with one attached hydrogen (secondary N) is 1. The van der Waals surface area contributed by atoms with Crippen LogP contribution in [0.2, 0.25) is 0 Å². The smallest absolute Gasteiger partial charge is 0.322 e. The first-order chi connectivity index (χ1) is 12.1. The minimum absolute atomic E-state index is 0.0614. The number of carbonyl (C=O) groups excluding carboxylic acids is 1. The molecule has 0 saturated carbocycles. The summed E-state index contributed by atoms with van der Waals surface area (Å²) < 4.78 is 11.0. The maximum atomic E-state index is 12.5. The number of aromatic nitrogens is 1. The van der Waals surface area contributed by atoms with Gasteiger partial charge in [0.05, 0.1) is 37.9 Å². The van der Waals surface area contributed by atoms with Crippen molar-refractivity contribution in [3.05, 3.63) is 18.5 Å². The first kappa shape index (κ1) is 17.9. The molecule has 0 aromatic carbocycles. The molecule has 2 fully saturated rings. The van der Waals surface area contributed by atoms with E-state index in [-0.39, 0.29) is 12.1 Å². The van der Waals surface area contributed by atoms with Crippen molar-refractivity contribution in [2.45, 2.75) is 6.10 Å². The fourth-order valence-electron chi connectivity index (χ4n) is 3.13. The summed E-state index contributed by atoms with van der Waals surface area (Å²) in [5.74, 6) is 0.618. The van der Waals surface area contributed by atoms with Crippen LogP contribution in [-0.4, -0.2) is 98.4 Å². The molecule has 3 heterocycles. The molecule has 138 valence electrons. The van der Waals surface area contributed by atoms with Crippen LogP contribution in [0.5, 0.6) is 5.75 Å². The standard InChI is InChI=1S/C17H27N5O3/c1-20-3-5-21(6-4-20)12-16-13-22(7-8-25-16)17(23)19-14-9-15(24-2)11-18-10-14/h9-11,16H,3-8,12-13H2,1-2H3,(H,19,23). The normalized spacial score (nSPS) is 22.6. The minimum Gasteiger partial charge on any atom is -0.495 e. The van der Waals surface area contributed by atoms with Crippen molar-refractivity contribution in [1.82, 2.24) is 19.7 Å². The van der Waals surface area contributed by atoms with Crippen LogP contribution < -0.4 is 10.1 Å². The highest BCUT2D eigenvalue weighted by Gasteiger charge is 2.27. The number of urea groups is 1. The van der Waals surface area contributed by atoms with Gasteiger partial charge in [-0.25, -0.2) is 4.79 Å². The van der Waals surface area contributed by atoms with E-state index in [0.29, 0.717) is 31.1 Å². The Kier molecular flexibility index (Phi) is 6.06. The predicted molar refractivity (Wildman–Crippen MR) is 95.1 cm³/mol. The third-order valence-electron chi connectivity index (χ3n) is 4.68. The zero-order chi connectivity index (χ0) is 17.6. The van der Waals surface area contributed by atoms with E-state index in [9.17, 15) is 4.79 Å². The van der Waals surface area contributed by atoms with Gasteiger partial charge in [-0.3, -0.25) is 9.88 Å². The van der Waals surface area contributed by atoms with Crippen LogP contribution in [-0.2, 0) is 4.74 Å². The number of rotatable bonds is 4. The van der Waals surface area contributed by atoms with Gasteiger partial charge >= 0.3 is 6.03 Å². The molecule has 1 aromatic rings. The number of morpholine rings is 1. The lowest BCUT2D eigenvalue weighted by Gasteiger charge is -2.38. The fourth-order valence-corrected chi connectivity index (χ4v) is 3.13. The third-order valence-corrected chi connectivity index (χ3v) is 4.68. The number of anilines is 1. The van der Waals surface area contributed by atoms with Gasteiger partial charge in [0.15, 0.2) is 0 Å². The first-order valence-electron chi connectivity index (χ1n) is 8.71. The Morgan fingerprint density at radius 3 is 2.88 bits per heavy atom. The lowest BCUT2D eigenvalue weighted by Crippen LogP contribution is -2.53. The number of ether oxygens (including phenoxy) is 2. The van der Waals surface area contributed by atoms with Crippen molar-refractivity contribution >= 4 is 11.7 Å². The summed E-state index contributed by atoms with van der Waals surface area (Å²) in [5.41, 5.74) is 0.631. The van der Waals surface area contributed by atoms with Gasteiger partial charge in [-0.05, 0) is 7.05 Å². The summed E-state index contributed by atoms with van der Waals surface area (Å²) in [5, 5.41) is 2.88. The second-order valence-electron chi connectivity index (χ2n) is 6.59. The van der Waals surface area contributed by atoms with Crippen LogP contribution >= 0.6 is 0 Å². The van der Waals surface area contributed by atoms with Gasteiger partial charge in [-0.1, -0.05) is 0 Å². The Morgan fingerprint density at radius 1 is 1.32 bits per heavy atom. The molecular weight excluding hydrogens is 322 g/mol. The fraction of sp³-hybridized carbons (Fsp3) is 0.647. The number of methoxy groups -OCH3 is 1. The zero-order valence-electron chi connectivity index (χ0n) is 15.0. The van der Waals surface area contributed by atoms with E-state index in [1.807, 2.05) is 4.90 Å². The van der Waals surface area contributed by atoms with Gasteiger partial charge < -0.3 is 24.6 Å². The Labute approximate surface area is 148 Å².